The van der Waals surface area contributed by atoms with E-state index in [1.54, 1.807) is 0 Å². The van der Waals surface area contributed by atoms with E-state index in [2.05, 4.69) is 15.0 Å². The Labute approximate surface area is 225 Å². The third-order valence-corrected chi connectivity index (χ3v) is 7.18. The molecule has 6 rings (SSSR count). The second kappa shape index (κ2) is 8.56. The van der Waals surface area contributed by atoms with Crippen molar-refractivity contribution in [1.29, 1.82) is 0 Å². The van der Waals surface area contributed by atoms with Gasteiger partial charge in [-0.15, -0.1) is 0 Å². The van der Waals surface area contributed by atoms with Gasteiger partial charge >= 0.3 is 17.9 Å². The highest BCUT2D eigenvalue weighted by molar-refractivity contribution is 6.28. The quantitative estimate of drug-likeness (QED) is 0.145. The van der Waals surface area contributed by atoms with Crippen molar-refractivity contribution < 1.29 is 53.1 Å². The molecule has 2 fully saturated rings. The minimum absolute atomic E-state index is 0.0126. The number of aliphatic hydroxyl groups is 1. The van der Waals surface area contributed by atoms with Gasteiger partial charge in [-0.05, 0) is 35.4 Å². The number of halogens is 2. The summed E-state index contributed by atoms with van der Waals surface area (Å²) in [6, 6.07) is 5.20. The first-order chi connectivity index (χ1) is 18.9. The second-order valence-electron chi connectivity index (χ2n) is 9.38. The number of hydrogen-bond acceptors (Lipinski definition) is 11. The summed E-state index contributed by atoms with van der Waals surface area (Å²) in [5, 5.41) is 40.1. The van der Waals surface area contributed by atoms with Crippen LogP contribution in [0.1, 0.15) is 22.3 Å². The van der Waals surface area contributed by atoms with E-state index in [-0.39, 0.29) is 44.6 Å². The standard InChI is InChI=1S/C23H17ClFN5O10/c24-21-28-15(26)11-16(29-21)30(6-27-11)17-12(25)23(37)13(39-17)14(23)40-22(19(33)34,20(35)36)5-7-1-2-9-8(3-7)4-10(38-9)18(31)32/h1-4,6,12-14,17,37H,5H2,(H,31,32)(H,33,34)(H,35,36)(H2,26,28,29)/t12-,13-,14?,17-,23+/m1/s1. The SMILES string of the molecule is Nc1nc(Cl)nc2c1ncn2[C@@H]1O[C@@H]2C(OC(Cc3ccc4oc(C(=O)O)cc4c3)(C(=O)O)C(=O)O)[C@]2(O)[C@@H]1F. The average molecular weight is 578 g/mol. The summed E-state index contributed by atoms with van der Waals surface area (Å²) in [6.07, 6.45) is -6.45. The predicted molar refractivity (Wildman–Crippen MR) is 128 cm³/mol. The molecule has 4 heterocycles. The van der Waals surface area contributed by atoms with Gasteiger partial charge in [0.25, 0.3) is 5.60 Å². The number of nitrogens with two attached hydrogens (primary N) is 1. The molecule has 1 unspecified atom stereocenters. The zero-order chi connectivity index (χ0) is 28.7. The lowest BCUT2D eigenvalue weighted by atomic mass is 9.93. The number of nitrogen functional groups attached to an aromatic ring is 1. The molecule has 0 amide bonds. The van der Waals surface area contributed by atoms with E-state index in [9.17, 15) is 29.7 Å². The number of carbonyl (C=O) groups is 3. The van der Waals surface area contributed by atoms with Gasteiger partial charge in [-0.2, -0.15) is 9.97 Å². The fraction of sp³-hybridized carbons (Fsp3) is 0.304. The molecular formula is C23H17ClFN5O10. The molecule has 4 aromatic rings. The number of aromatic nitrogens is 4. The Morgan fingerprint density at radius 2 is 1.93 bits per heavy atom. The van der Waals surface area contributed by atoms with E-state index in [0.29, 0.717) is 0 Å². The van der Waals surface area contributed by atoms with Gasteiger partial charge in [0.05, 0.1) is 6.33 Å². The summed E-state index contributed by atoms with van der Waals surface area (Å²) in [5.41, 5.74) is 0.810. The van der Waals surface area contributed by atoms with Gasteiger partial charge < -0.3 is 40.1 Å². The lowest BCUT2D eigenvalue weighted by Gasteiger charge is -2.28. The number of benzene rings is 1. The van der Waals surface area contributed by atoms with Crippen LogP contribution >= 0.6 is 11.6 Å². The molecule has 40 heavy (non-hydrogen) atoms. The van der Waals surface area contributed by atoms with Gasteiger partial charge in [0.2, 0.25) is 11.0 Å². The number of aliphatic carboxylic acids is 2. The smallest absolute Gasteiger partial charge is 0.371 e. The van der Waals surface area contributed by atoms with Crippen LogP contribution in [-0.4, -0.2) is 87.4 Å². The predicted octanol–water partition coefficient (Wildman–Crippen LogP) is 1.02. The Bertz CT molecular complexity index is 1730. The van der Waals surface area contributed by atoms with Crippen LogP contribution in [0.25, 0.3) is 22.1 Å². The Morgan fingerprint density at radius 1 is 1.20 bits per heavy atom. The summed E-state index contributed by atoms with van der Waals surface area (Å²) >= 11 is 5.84. The number of carboxylic acid groups (broad SMARTS) is 3. The summed E-state index contributed by atoms with van der Waals surface area (Å²) < 4.78 is 33.0. The van der Waals surface area contributed by atoms with Crippen molar-refractivity contribution in [1.82, 2.24) is 19.5 Å². The first-order valence-corrected chi connectivity index (χ1v) is 11.8. The number of anilines is 1. The fourth-order valence-electron chi connectivity index (χ4n) is 4.93. The van der Waals surface area contributed by atoms with Gasteiger partial charge in [-0.1, -0.05) is 6.07 Å². The molecule has 15 nitrogen and oxygen atoms in total. The Kier molecular flexibility index (Phi) is 5.54. The van der Waals surface area contributed by atoms with Crippen LogP contribution in [0.2, 0.25) is 5.28 Å². The normalized spacial score (nSPS) is 25.8. The lowest BCUT2D eigenvalue weighted by molar-refractivity contribution is -0.194. The summed E-state index contributed by atoms with van der Waals surface area (Å²) in [6.45, 7) is 0. The van der Waals surface area contributed by atoms with Crippen LogP contribution in [0.15, 0.2) is 35.0 Å². The van der Waals surface area contributed by atoms with E-state index in [4.69, 9.17) is 36.3 Å². The maximum atomic E-state index is 15.6. The Morgan fingerprint density at radius 3 is 2.55 bits per heavy atom. The number of aromatic carboxylic acids is 1. The molecule has 1 saturated carbocycles. The molecule has 1 saturated heterocycles. The minimum atomic E-state index is -2.97. The fourth-order valence-corrected chi connectivity index (χ4v) is 5.10. The van der Waals surface area contributed by atoms with Crippen LogP contribution in [0.5, 0.6) is 0 Å². The number of ether oxygens (including phenoxy) is 2. The number of furan rings is 1. The maximum Gasteiger partial charge on any atom is 0.371 e. The first-order valence-electron chi connectivity index (χ1n) is 11.4. The summed E-state index contributed by atoms with van der Waals surface area (Å²) in [7, 11) is 0. The van der Waals surface area contributed by atoms with Crippen molar-refractivity contribution in [3.8, 4) is 0 Å². The van der Waals surface area contributed by atoms with E-state index < -0.39 is 60.1 Å². The maximum absolute atomic E-state index is 15.6. The first kappa shape index (κ1) is 25.9. The van der Waals surface area contributed by atoms with Gasteiger partial charge in [0.1, 0.15) is 23.3 Å². The molecule has 1 aromatic carbocycles. The van der Waals surface area contributed by atoms with E-state index in [0.717, 1.165) is 10.9 Å². The van der Waals surface area contributed by atoms with Gasteiger partial charge in [-0.3, -0.25) is 4.57 Å². The summed E-state index contributed by atoms with van der Waals surface area (Å²) in [4.78, 5) is 47.5. The largest absolute Gasteiger partial charge is 0.479 e. The molecule has 1 aliphatic heterocycles. The third kappa shape index (κ3) is 3.60. The van der Waals surface area contributed by atoms with Crippen LogP contribution in [0.4, 0.5) is 10.2 Å². The van der Waals surface area contributed by atoms with Crippen molar-refractivity contribution in [2.45, 2.75) is 42.2 Å². The van der Waals surface area contributed by atoms with Crippen molar-refractivity contribution in [3.63, 3.8) is 0 Å². The minimum Gasteiger partial charge on any atom is -0.479 e. The molecule has 3 aromatic heterocycles. The molecule has 2 aliphatic rings. The molecule has 0 spiro atoms. The monoisotopic (exact) mass is 577 g/mol. The molecule has 208 valence electrons. The van der Waals surface area contributed by atoms with Crippen molar-refractivity contribution in [2.75, 3.05) is 5.73 Å². The zero-order valence-electron chi connectivity index (χ0n) is 19.8. The molecule has 1 aliphatic carbocycles. The van der Waals surface area contributed by atoms with Crippen molar-refractivity contribution in [3.05, 3.63) is 47.2 Å². The average Bonchev–Trinajstić information content (AvgIpc) is 3.29. The topological polar surface area (TPSA) is 233 Å². The van der Waals surface area contributed by atoms with Gasteiger partial charge in [-0.25, -0.2) is 23.8 Å². The third-order valence-electron chi connectivity index (χ3n) is 7.01. The summed E-state index contributed by atoms with van der Waals surface area (Å²) in [5.74, 6) is -5.61. The van der Waals surface area contributed by atoms with E-state index in [1.165, 1.54) is 24.3 Å². The number of fused-ring (bicyclic) bond motifs is 3. The number of nitrogens with zero attached hydrogens (tertiary/aromatic N) is 4. The van der Waals surface area contributed by atoms with Crippen LogP contribution < -0.4 is 5.73 Å². The van der Waals surface area contributed by atoms with E-state index in [1.807, 2.05) is 0 Å². The number of alkyl halides is 1. The highest BCUT2D eigenvalue weighted by atomic mass is 35.5. The number of carboxylic acids is 3. The molecular weight excluding hydrogens is 561 g/mol. The molecule has 0 bridgehead atoms. The van der Waals surface area contributed by atoms with Crippen molar-refractivity contribution in [2.24, 2.45) is 0 Å². The highest BCUT2D eigenvalue weighted by Gasteiger charge is 2.80. The zero-order valence-corrected chi connectivity index (χ0v) is 20.5. The van der Waals surface area contributed by atoms with Crippen molar-refractivity contribution >= 4 is 57.5 Å². The highest BCUT2D eigenvalue weighted by Crippen LogP contribution is 2.58. The lowest BCUT2D eigenvalue weighted by Crippen LogP contribution is -2.53. The Balaban J connectivity index is 1.28. The molecule has 5 atom stereocenters. The molecule has 17 heteroatoms. The van der Waals surface area contributed by atoms with Gasteiger partial charge in [0.15, 0.2) is 29.5 Å². The number of imidazole rings is 1. The van der Waals surface area contributed by atoms with E-state index >= 15 is 4.39 Å². The molecule has 6 N–H and O–H groups in total. The number of hydrogen-bond donors (Lipinski definition) is 5. The molecule has 0 radical (unpaired) electrons. The number of rotatable bonds is 8. The second-order valence-corrected chi connectivity index (χ2v) is 9.72. The Hall–Kier alpha value is -4.38. The van der Waals surface area contributed by atoms with Gasteiger partial charge in [0, 0.05) is 11.8 Å². The van der Waals surface area contributed by atoms with Crippen LogP contribution in [0, 0.1) is 0 Å². The van der Waals surface area contributed by atoms with Crippen LogP contribution in [0.3, 0.4) is 0 Å². The van der Waals surface area contributed by atoms with Crippen LogP contribution in [-0.2, 0) is 25.5 Å².